The van der Waals surface area contributed by atoms with Gasteiger partial charge in [-0.2, -0.15) is 15.3 Å². The molecule has 0 radical (unpaired) electrons. The Morgan fingerprint density at radius 1 is 1.13 bits per heavy atom. The Morgan fingerprint density at radius 2 is 1.90 bits per heavy atom. The number of nitrogens with zero attached hydrogens (tertiary/aromatic N) is 4. The van der Waals surface area contributed by atoms with E-state index in [4.69, 9.17) is 23.2 Å². The van der Waals surface area contributed by atoms with Gasteiger partial charge < -0.3 is 0 Å². The van der Waals surface area contributed by atoms with E-state index in [0.29, 0.717) is 21.3 Å². The summed E-state index contributed by atoms with van der Waals surface area (Å²) in [6.45, 7) is 3.85. The van der Waals surface area contributed by atoms with E-state index in [2.05, 4.69) is 25.8 Å². The van der Waals surface area contributed by atoms with Crippen LogP contribution in [0.3, 0.4) is 0 Å². The summed E-state index contributed by atoms with van der Waals surface area (Å²) in [7, 11) is 0. The van der Waals surface area contributed by atoms with Gasteiger partial charge in [0, 0.05) is 16.1 Å². The van der Waals surface area contributed by atoms with Crippen LogP contribution < -0.4 is 5.43 Å². The second kappa shape index (κ2) is 8.75. The molecule has 31 heavy (non-hydrogen) atoms. The molecule has 0 fully saturated rings. The van der Waals surface area contributed by atoms with Crippen molar-refractivity contribution in [3.8, 4) is 16.9 Å². The van der Waals surface area contributed by atoms with Gasteiger partial charge in [0.25, 0.3) is 5.91 Å². The van der Waals surface area contributed by atoms with Crippen LogP contribution in [-0.2, 0) is 0 Å². The maximum Gasteiger partial charge on any atom is 0.289 e. The van der Waals surface area contributed by atoms with Crippen LogP contribution in [0.2, 0.25) is 10.0 Å². The number of benzene rings is 2. The maximum absolute atomic E-state index is 12.4. The van der Waals surface area contributed by atoms with Crippen LogP contribution in [0.15, 0.2) is 59.7 Å². The molecule has 9 heteroatoms. The maximum atomic E-state index is 12.4. The van der Waals surface area contributed by atoms with E-state index in [1.165, 1.54) is 0 Å². The fourth-order valence-corrected chi connectivity index (χ4v) is 3.66. The standard InChI is InChI=1S/C22H18Cl2N6O/c1-13-18(14(2)30(29-13)16-6-4-3-5-7-16)12-25-28-22(31)21-11-20(26-27-21)17-9-8-15(23)10-19(17)24/h3-12H,1-2H3,(H,26,27)(H,28,31)/b25-12+. The number of rotatable bonds is 5. The first-order chi connectivity index (χ1) is 14.9. The fourth-order valence-electron chi connectivity index (χ4n) is 3.15. The first kappa shape index (κ1) is 20.8. The zero-order valence-electron chi connectivity index (χ0n) is 16.7. The van der Waals surface area contributed by atoms with Crippen molar-refractivity contribution in [2.45, 2.75) is 13.8 Å². The summed E-state index contributed by atoms with van der Waals surface area (Å²) in [5.41, 5.74) is 7.49. The van der Waals surface area contributed by atoms with Crippen LogP contribution in [0.25, 0.3) is 16.9 Å². The van der Waals surface area contributed by atoms with Gasteiger partial charge in [-0.15, -0.1) is 0 Å². The minimum absolute atomic E-state index is 0.256. The predicted octanol–water partition coefficient (Wildman–Crippen LogP) is 4.95. The SMILES string of the molecule is Cc1nn(-c2ccccc2)c(C)c1/C=N/NC(=O)c1cc(-c2ccc(Cl)cc2Cl)n[nH]1. The molecule has 4 aromatic rings. The number of halogens is 2. The van der Waals surface area contributed by atoms with Crippen molar-refractivity contribution < 1.29 is 4.79 Å². The smallest absolute Gasteiger partial charge is 0.272 e. The van der Waals surface area contributed by atoms with Gasteiger partial charge in [0.2, 0.25) is 0 Å². The third-order valence-electron chi connectivity index (χ3n) is 4.74. The molecular weight excluding hydrogens is 435 g/mol. The highest BCUT2D eigenvalue weighted by Crippen LogP contribution is 2.29. The van der Waals surface area contributed by atoms with Gasteiger partial charge in [-0.3, -0.25) is 9.89 Å². The Labute approximate surface area is 188 Å². The average molecular weight is 453 g/mol. The minimum Gasteiger partial charge on any atom is -0.272 e. The number of H-pyrrole nitrogens is 1. The Hall–Kier alpha value is -3.42. The number of hydrogen-bond donors (Lipinski definition) is 2. The number of carbonyl (C=O) groups is 1. The summed E-state index contributed by atoms with van der Waals surface area (Å²) in [6, 6.07) is 16.5. The first-order valence-electron chi connectivity index (χ1n) is 9.40. The van der Waals surface area contributed by atoms with E-state index in [1.807, 2.05) is 48.9 Å². The molecule has 7 nitrogen and oxygen atoms in total. The zero-order valence-corrected chi connectivity index (χ0v) is 18.2. The van der Waals surface area contributed by atoms with Crippen molar-refractivity contribution in [1.82, 2.24) is 25.4 Å². The number of hydrazone groups is 1. The van der Waals surface area contributed by atoms with Crippen molar-refractivity contribution in [1.29, 1.82) is 0 Å². The van der Waals surface area contributed by atoms with Crippen molar-refractivity contribution >= 4 is 35.3 Å². The average Bonchev–Trinajstić information content (AvgIpc) is 3.35. The summed E-state index contributed by atoms with van der Waals surface area (Å²) in [4.78, 5) is 12.4. The first-order valence-corrected chi connectivity index (χ1v) is 10.2. The molecule has 2 aromatic carbocycles. The molecule has 0 unspecified atom stereocenters. The van der Waals surface area contributed by atoms with E-state index in [0.717, 1.165) is 22.6 Å². The summed E-state index contributed by atoms with van der Waals surface area (Å²) >= 11 is 12.1. The van der Waals surface area contributed by atoms with Gasteiger partial charge in [0.1, 0.15) is 5.69 Å². The lowest BCUT2D eigenvalue weighted by molar-refractivity contribution is 0.0950. The summed E-state index contributed by atoms with van der Waals surface area (Å²) in [5.74, 6) is -0.425. The third-order valence-corrected chi connectivity index (χ3v) is 5.29. The monoisotopic (exact) mass is 452 g/mol. The van der Waals surface area contributed by atoms with Gasteiger partial charge in [0.15, 0.2) is 0 Å². The highest BCUT2D eigenvalue weighted by atomic mass is 35.5. The van der Waals surface area contributed by atoms with Crippen LogP contribution in [0.4, 0.5) is 0 Å². The molecule has 0 spiro atoms. The Bertz CT molecular complexity index is 1280. The molecule has 2 heterocycles. The molecule has 0 aliphatic heterocycles. The van der Waals surface area contributed by atoms with Gasteiger partial charge >= 0.3 is 0 Å². The van der Waals surface area contributed by atoms with E-state index < -0.39 is 5.91 Å². The molecule has 1 amide bonds. The van der Waals surface area contributed by atoms with Crippen molar-refractivity contribution in [2.75, 3.05) is 0 Å². The number of hydrogen-bond acceptors (Lipinski definition) is 4. The van der Waals surface area contributed by atoms with Crippen LogP contribution in [0.1, 0.15) is 27.4 Å². The summed E-state index contributed by atoms with van der Waals surface area (Å²) in [6.07, 6.45) is 1.59. The Morgan fingerprint density at radius 3 is 2.65 bits per heavy atom. The van der Waals surface area contributed by atoms with Crippen molar-refractivity contribution in [3.63, 3.8) is 0 Å². The van der Waals surface area contributed by atoms with E-state index in [9.17, 15) is 4.79 Å². The molecule has 156 valence electrons. The van der Waals surface area contributed by atoms with Crippen molar-refractivity contribution in [3.05, 3.63) is 87.3 Å². The third kappa shape index (κ3) is 4.38. The lowest BCUT2D eigenvalue weighted by atomic mass is 10.1. The van der Waals surface area contributed by atoms with Crippen LogP contribution in [0.5, 0.6) is 0 Å². The summed E-state index contributed by atoms with van der Waals surface area (Å²) < 4.78 is 1.84. The van der Waals surface area contributed by atoms with Gasteiger partial charge in [-0.05, 0) is 50.2 Å². The summed E-state index contributed by atoms with van der Waals surface area (Å²) in [5, 5.41) is 16.5. The predicted molar refractivity (Wildman–Crippen MR) is 122 cm³/mol. The number of aromatic amines is 1. The fraction of sp³-hybridized carbons (Fsp3) is 0.0909. The van der Waals surface area contributed by atoms with Gasteiger partial charge in [0.05, 0.1) is 34.0 Å². The van der Waals surface area contributed by atoms with E-state index in [1.54, 1.807) is 30.5 Å². The van der Waals surface area contributed by atoms with Crippen LogP contribution in [-0.4, -0.2) is 32.1 Å². The number of aryl methyl sites for hydroxylation is 1. The molecule has 2 aromatic heterocycles. The molecule has 0 aliphatic carbocycles. The highest BCUT2D eigenvalue weighted by molar-refractivity contribution is 6.36. The zero-order chi connectivity index (χ0) is 22.0. The number of amides is 1. The minimum atomic E-state index is -0.425. The molecule has 0 atom stereocenters. The number of para-hydroxylation sites is 1. The lowest BCUT2D eigenvalue weighted by Crippen LogP contribution is -2.18. The van der Waals surface area contributed by atoms with Crippen LogP contribution in [0, 0.1) is 13.8 Å². The topological polar surface area (TPSA) is 88.0 Å². The molecular formula is C22H18Cl2N6O. The molecule has 2 N–H and O–H groups in total. The Balaban J connectivity index is 1.49. The second-order valence-corrected chi connectivity index (χ2v) is 7.67. The van der Waals surface area contributed by atoms with Gasteiger partial charge in [-0.1, -0.05) is 41.4 Å². The van der Waals surface area contributed by atoms with Gasteiger partial charge in [-0.25, -0.2) is 10.1 Å². The normalized spacial score (nSPS) is 11.2. The quantitative estimate of drug-likeness (QED) is 0.331. The molecule has 0 saturated carbocycles. The number of aromatic nitrogens is 4. The second-order valence-electron chi connectivity index (χ2n) is 6.82. The molecule has 0 saturated heterocycles. The van der Waals surface area contributed by atoms with E-state index in [-0.39, 0.29) is 5.69 Å². The number of nitrogens with one attached hydrogen (secondary N) is 2. The molecule has 0 bridgehead atoms. The molecule has 4 rings (SSSR count). The Kier molecular flexibility index (Phi) is 5.88. The highest BCUT2D eigenvalue weighted by Gasteiger charge is 2.14. The van der Waals surface area contributed by atoms with E-state index >= 15 is 0 Å². The van der Waals surface area contributed by atoms with Crippen molar-refractivity contribution in [2.24, 2.45) is 5.10 Å². The lowest BCUT2D eigenvalue weighted by Gasteiger charge is -2.03. The number of carbonyl (C=O) groups excluding carboxylic acids is 1. The van der Waals surface area contributed by atoms with Crippen LogP contribution >= 0.6 is 23.2 Å². The largest absolute Gasteiger partial charge is 0.289 e. The molecule has 0 aliphatic rings.